The third kappa shape index (κ3) is 4.41. The van der Waals surface area contributed by atoms with Crippen LogP contribution in [0.5, 0.6) is 17.2 Å². The molecule has 0 saturated carbocycles. The van der Waals surface area contributed by atoms with Gasteiger partial charge in [0, 0.05) is 22.3 Å². The molecule has 0 radical (unpaired) electrons. The number of carbonyl (C=O) groups excluding carboxylic acids is 1. The zero-order chi connectivity index (χ0) is 21.8. The van der Waals surface area contributed by atoms with Gasteiger partial charge in [-0.05, 0) is 55.5 Å². The summed E-state index contributed by atoms with van der Waals surface area (Å²) in [5.41, 5.74) is 3.22. The lowest BCUT2D eigenvalue weighted by Crippen LogP contribution is -2.14. The summed E-state index contributed by atoms with van der Waals surface area (Å²) in [7, 11) is 2.96. The molecular formula is C24H24N2O4S. The molecular weight excluding hydrogens is 412 g/mol. The van der Waals surface area contributed by atoms with E-state index in [1.165, 1.54) is 19.1 Å². The first kappa shape index (κ1) is 20.9. The van der Waals surface area contributed by atoms with Crippen molar-refractivity contribution in [2.75, 3.05) is 19.5 Å². The van der Waals surface area contributed by atoms with E-state index in [4.69, 9.17) is 9.47 Å². The van der Waals surface area contributed by atoms with Crippen LogP contribution >= 0.6 is 11.3 Å². The van der Waals surface area contributed by atoms with E-state index < -0.39 is 0 Å². The monoisotopic (exact) mass is 436 g/mol. The average Bonchev–Trinajstić information content (AvgIpc) is 3.17. The highest BCUT2D eigenvalue weighted by atomic mass is 32.1. The van der Waals surface area contributed by atoms with Crippen LogP contribution in [-0.2, 0) is 12.8 Å². The number of anilines is 1. The number of fused-ring (bicyclic) bond motifs is 1. The molecule has 0 unspecified atom stereocenters. The molecule has 0 saturated heterocycles. The van der Waals surface area contributed by atoms with Crippen LogP contribution in [0.3, 0.4) is 0 Å². The van der Waals surface area contributed by atoms with Crippen LogP contribution in [0.2, 0.25) is 0 Å². The maximum Gasteiger partial charge on any atom is 0.259 e. The van der Waals surface area contributed by atoms with Crippen molar-refractivity contribution >= 4 is 34.1 Å². The van der Waals surface area contributed by atoms with Crippen LogP contribution in [0, 0.1) is 0 Å². The number of hydrogen-bond donors (Lipinski definition) is 2. The second-order valence-electron chi connectivity index (χ2n) is 7.24. The lowest BCUT2D eigenvalue weighted by atomic mass is 9.95. The summed E-state index contributed by atoms with van der Waals surface area (Å²) < 4.78 is 10.4. The number of amides is 1. The first-order chi connectivity index (χ1) is 15.1. The predicted octanol–water partition coefficient (Wildman–Crippen LogP) is 5.35. The van der Waals surface area contributed by atoms with Gasteiger partial charge in [0.15, 0.2) is 11.5 Å². The minimum absolute atomic E-state index is 0.0586. The molecule has 160 valence electrons. The van der Waals surface area contributed by atoms with Crippen molar-refractivity contribution in [3.05, 3.63) is 64.0 Å². The van der Waals surface area contributed by atoms with Crippen LogP contribution in [0.25, 0.3) is 0 Å². The number of phenolic OH excluding ortho intramolecular Hbond substituents is 1. The van der Waals surface area contributed by atoms with Gasteiger partial charge in [-0.2, -0.15) is 0 Å². The van der Waals surface area contributed by atoms with Crippen LogP contribution in [0.15, 0.2) is 47.5 Å². The number of rotatable bonds is 6. The van der Waals surface area contributed by atoms with E-state index >= 15 is 0 Å². The Morgan fingerprint density at radius 2 is 1.77 bits per heavy atom. The first-order valence-corrected chi connectivity index (χ1v) is 10.9. The van der Waals surface area contributed by atoms with Gasteiger partial charge in [0.2, 0.25) is 5.75 Å². The van der Waals surface area contributed by atoms with E-state index in [1.807, 2.05) is 30.3 Å². The maximum absolute atomic E-state index is 13.2. The summed E-state index contributed by atoms with van der Waals surface area (Å²) in [6.45, 7) is 0. The van der Waals surface area contributed by atoms with Gasteiger partial charge in [0.25, 0.3) is 5.91 Å². The Labute approximate surface area is 185 Å². The second kappa shape index (κ2) is 9.22. The lowest BCUT2D eigenvalue weighted by Gasteiger charge is -2.12. The third-order valence-electron chi connectivity index (χ3n) is 5.24. The van der Waals surface area contributed by atoms with Crippen LogP contribution in [0.1, 0.15) is 39.2 Å². The van der Waals surface area contributed by atoms with Gasteiger partial charge < -0.3 is 19.9 Å². The van der Waals surface area contributed by atoms with Crippen molar-refractivity contribution in [3.63, 3.8) is 0 Å². The predicted molar refractivity (Wildman–Crippen MR) is 124 cm³/mol. The zero-order valence-corrected chi connectivity index (χ0v) is 18.3. The molecule has 0 bridgehead atoms. The molecule has 0 aliphatic heterocycles. The Balaban J connectivity index is 1.70. The van der Waals surface area contributed by atoms with Crippen molar-refractivity contribution in [1.29, 1.82) is 0 Å². The number of aryl methyl sites for hydroxylation is 1. The number of carbonyl (C=O) groups is 1. The van der Waals surface area contributed by atoms with Crippen molar-refractivity contribution in [2.24, 2.45) is 4.99 Å². The fourth-order valence-corrected chi connectivity index (χ4v) is 4.94. The standard InChI is InChI=1S/C24H24N2O4S/c1-29-18-12-15(13-19(30-2)22(18)27)14-25-24-21(17-10-6-7-11-20(17)31-24)23(28)26-16-8-4-3-5-9-16/h3-5,8-9,12-14,27H,6-7,10-11H2,1-2H3,(H,26,28). The largest absolute Gasteiger partial charge is 0.502 e. The van der Waals surface area contributed by atoms with Gasteiger partial charge in [-0.1, -0.05) is 18.2 Å². The number of methoxy groups -OCH3 is 2. The molecule has 6 nitrogen and oxygen atoms in total. The number of thiophene rings is 1. The molecule has 0 spiro atoms. The number of phenols is 1. The van der Waals surface area contributed by atoms with Crippen LogP contribution < -0.4 is 14.8 Å². The molecule has 0 fully saturated rings. The minimum atomic E-state index is -0.140. The summed E-state index contributed by atoms with van der Waals surface area (Å²) >= 11 is 1.57. The average molecular weight is 437 g/mol. The van der Waals surface area contributed by atoms with Crippen molar-refractivity contribution in [2.45, 2.75) is 25.7 Å². The SMILES string of the molecule is COc1cc(C=Nc2sc3c(c2C(=O)Nc2ccccc2)CCCC3)cc(OC)c1O. The summed E-state index contributed by atoms with van der Waals surface area (Å²) in [5.74, 6) is 0.400. The smallest absolute Gasteiger partial charge is 0.259 e. The van der Waals surface area contributed by atoms with Gasteiger partial charge in [-0.15, -0.1) is 11.3 Å². The number of para-hydroxylation sites is 1. The fourth-order valence-electron chi connectivity index (χ4n) is 3.71. The summed E-state index contributed by atoms with van der Waals surface area (Å²) in [5, 5.41) is 13.8. The van der Waals surface area contributed by atoms with E-state index in [-0.39, 0.29) is 11.7 Å². The number of ether oxygens (including phenoxy) is 2. The van der Waals surface area contributed by atoms with Crippen molar-refractivity contribution < 1.29 is 19.4 Å². The molecule has 1 aromatic heterocycles. The summed E-state index contributed by atoms with van der Waals surface area (Å²) in [4.78, 5) is 19.1. The molecule has 4 rings (SSSR count). The van der Waals surface area contributed by atoms with Gasteiger partial charge in [0.1, 0.15) is 5.00 Å². The number of nitrogens with zero attached hydrogens (tertiary/aromatic N) is 1. The Hall–Kier alpha value is -3.32. The Bertz CT molecular complexity index is 1100. The molecule has 1 heterocycles. The molecule has 2 aromatic carbocycles. The first-order valence-electron chi connectivity index (χ1n) is 10.1. The van der Waals surface area contributed by atoms with E-state index in [2.05, 4.69) is 10.3 Å². The Morgan fingerprint density at radius 3 is 2.45 bits per heavy atom. The molecule has 3 aromatic rings. The maximum atomic E-state index is 13.2. The van der Waals surface area contributed by atoms with Crippen LogP contribution in [0.4, 0.5) is 10.7 Å². The molecule has 31 heavy (non-hydrogen) atoms. The number of nitrogens with one attached hydrogen (secondary N) is 1. The van der Waals surface area contributed by atoms with E-state index in [0.29, 0.717) is 27.6 Å². The van der Waals surface area contributed by atoms with Crippen molar-refractivity contribution in [3.8, 4) is 17.2 Å². The minimum Gasteiger partial charge on any atom is -0.502 e. The van der Waals surface area contributed by atoms with E-state index in [1.54, 1.807) is 29.7 Å². The topological polar surface area (TPSA) is 80.2 Å². The number of hydrogen-bond acceptors (Lipinski definition) is 6. The quantitative estimate of drug-likeness (QED) is 0.510. The Morgan fingerprint density at radius 1 is 1.10 bits per heavy atom. The molecule has 7 heteroatoms. The molecule has 1 aliphatic rings. The van der Waals surface area contributed by atoms with Crippen LogP contribution in [-0.4, -0.2) is 31.4 Å². The summed E-state index contributed by atoms with van der Waals surface area (Å²) in [6.07, 6.45) is 5.73. The van der Waals surface area contributed by atoms with Crippen molar-refractivity contribution in [1.82, 2.24) is 0 Å². The van der Waals surface area contributed by atoms with Gasteiger partial charge in [0.05, 0.1) is 19.8 Å². The van der Waals surface area contributed by atoms with E-state index in [0.717, 1.165) is 36.9 Å². The number of aliphatic imine (C=N–C) groups is 1. The summed E-state index contributed by atoms with van der Waals surface area (Å²) in [6, 6.07) is 12.8. The van der Waals surface area contributed by atoms with Gasteiger partial charge >= 0.3 is 0 Å². The normalized spacial score (nSPS) is 13.1. The second-order valence-corrected chi connectivity index (χ2v) is 8.33. The fraction of sp³-hybridized carbons (Fsp3) is 0.250. The number of benzene rings is 2. The van der Waals surface area contributed by atoms with E-state index in [9.17, 15) is 9.90 Å². The number of aromatic hydroxyl groups is 1. The molecule has 1 amide bonds. The highest BCUT2D eigenvalue weighted by molar-refractivity contribution is 7.16. The zero-order valence-electron chi connectivity index (χ0n) is 17.5. The molecule has 2 N–H and O–H groups in total. The highest BCUT2D eigenvalue weighted by Gasteiger charge is 2.25. The molecule has 0 atom stereocenters. The lowest BCUT2D eigenvalue weighted by molar-refractivity contribution is 0.102. The molecule has 1 aliphatic carbocycles. The van der Waals surface area contributed by atoms with Gasteiger partial charge in [-0.3, -0.25) is 4.79 Å². The third-order valence-corrected chi connectivity index (χ3v) is 6.44. The van der Waals surface area contributed by atoms with Gasteiger partial charge in [-0.25, -0.2) is 4.99 Å². The highest BCUT2D eigenvalue weighted by Crippen LogP contribution is 2.41. The Kier molecular flexibility index (Phi) is 6.23.